The fourth-order valence-electron chi connectivity index (χ4n) is 2.19. The first kappa shape index (κ1) is 12.6. The molecule has 0 aromatic heterocycles. The lowest BCUT2D eigenvalue weighted by molar-refractivity contribution is -0.114. The number of carbonyl (C=O) groups excluding carboxylic acids is 2. The van der Waals surface area contributed by atoms with Gasteiger partial charge in [0.05, 0.1) is 18.4 Å². The second kappa shape index (κ2) is 4.78. The van der Waals surface area contributed by atoms with Crippen molar-refractivity contribution in [1.29, 1.82) is 0 Å². The van der Waals surface area contributed by atoms with Gasteiger partial charge in [0.25, 0.3) is 11.7 Å². The number of amides is 1. The zero-order valence-electron chi connectivity index (χ0n) is 10.5. The Balaban J connectivity index is 2.54. The van der Waals surface area contributed by atoms with Crippen LogP contribution in [0.1, 0.15) is 22.3 Å². The Bertz CT molecular complexity index is 511. The van der Waals surface area contributed by atoms with Crippen LogP contribution in [0.5, 0.6) is 5.75 Å². The summed E-state index contributed by atoms with van der Waals surface area (Å²) in [7, 11) is 1.53. The van der Waals surface area contributed by atoms with E-state index in [1.54, 1.807) is 12.1 Å². The second-order valence-corrected chi connectivity index (χ2v) is 4.24. The smallest absolute Gasteiger partial charge is 0.299 e. The van der Waals surface area contributed by atoms with Crippen molar-refractivity contribution >= 4 is 17.4 Å². The number of anilines is 1. The van der Waals surface area contributed by atoms with Crippen molar-refractivity contribution in [2.24, 2.45) is 5.73 Å². The minimum atomic E-state index is -0.494. The summed E-state index contributed by atoms with van der Waals surface area (Å²) < 4.78 is 5.24. The lowest BCUT2D eigenvalue weighted by atomic mass is 10.0. The fraction of sp³-hybridized carbons (Fsp3) is 0.385. The topological polar surface area (TPSA) is 72.6 Å². The predicted molar refractivity (Wildman–Crippen MR) is 68.1 cm³/mol. The highest BCUT2D eigenvalue weighted by Gasteiger charge is 2.38. The van der Waals surface area contributed by atoms with Gasteiger partial charge in [0.2, 0.25) is 0 Å². The molecule has 0 saturated heterocycles. The molecule has 5 nitrogen and oxygen atoms in total. The lowest BCUT2D eigenvalue weighted by Gasteiger charge is -2.18. The summed E-state index contributed by atoms with van der Waals surface area (Å²) in [6, 6.07) is 3.56. The Morgan fingerprint density at radius 2 is 2.06 bits per heavy atom. The van der Waals surface area contributed by atoms with E-state index in [1.165, 1.54) is 12.0 Å². The van der Waals surface area contributed by atoms with Crippen LogP contribution in [-0.2, 0) is 4.79 Å². The predicted octanol–water partition coefficient (Wildman–Crippen LogP) is 0.882. The molecule has 1 amide bonds. The number of ether oxygens (including phenoxy) is 1. The molecule has 0 radical (unpaired) electrons. The molecule has 1 aromatic rings. The molecule has 0 bridgehead atoms. The number of hydrogen-bond acceptors (Lipinski definition) is 4. The number of benzene rings is 1. The molecule has 2 N–H and O–H groups in total. The van der Waals surface area contributed by atoms with E-state index in [9.17, 15) is 9.59 Å². The van der Waals surface area contributed by atoms with Gasteiger partial charge in [0.15, 0.2) is 0 Å². The summed E-state index contributed by atoms with van der Waals surface area (Å²) in [5.41, 5.74) is 7.28. The maximum absolute atomic E-state index is 12.0. The largest absolute Gasteiger partial charge is 0.495 e. The first-order valence-corrected chi connectivity index (χ1v) is 5.85. The number of carbonyl (C=O) groups is 2. The van der Waals surface area contributed by atoms with Gasteiger partial charge in [0, 0.05) is 6.54 Å². The lowest BCUT2D eigenvalue weighted by Crippen LogP contribution is -2.31. The van der Waals surface area contributed by atoms with Crippen molar-refractivity contribution in [3.05, 3.63) is 23.3 Å². The molecule has 0 spiro atoms. The Hall–Kier alpha value is -1.88. The molecule has 0 fully saturated rings. The molecule has 5 heteroatoms. The van der Waals surface area contributed by atoms with E-state index in [-0.39, 0.29) is 0 Å². The van der Waals surface area contributed by atoms with Gasteiger partial charge < -0.3 is 15.4 Å². The number of rotatable bonds is 4. The van der Waals surface area contributed by atoms with E-state index in [2.05, 4.69) is 0 Å². The van der Waals surface area contributed by atoms with Crippen LogP contribution >= 0.6 is 0 Å². The molecule has 1 aromatic carbocycles. The molecule has 1 aliphatic rings. The maximum atomic E-state index is 12.0. The van der Waals surface area contributed by atoms with Gasteiger partial charge in [-0.2, -0.15) is 0 Å². The molecule has 0 unspecified atom stereocenters. The molecule has 2 rings (SSSR count). The summed E-state index contributed by atoms with van der Waals surface area (Å²) in [6.45, 7) is 2.73. The van der Waals surface area contributed by atoms with E-state index in [0.29, 0.717) is 36.5 Å². The minimum Gasteiger partial charge on any atom is -0.495 e. The number of methoxy groups -OCH3 is 1. The molecule has 1 heterocycles. The van der Waals surface area contributed by atoms with Gasteiger partial charge in [-0.15, -0.1) is 0 Å². The Kier molecular flexibility index (Phi) is 3.34. The third-order valence-electron chi connectivity index (χ3n) is 3.09. The van der Waals surface area contributed by atoms with E-state index in [1.807, 2.05) is 6.92 Å². The third kappa shape index (κ3) is 1.76. The molecule has 0 aliphatic carbocycles. The standard InChI is InChI=1S/C13H16N2O3/c1-8-4-5-9(18-2)11-10(8)12(16)13(17)15(11)7-3-6-14/h4-5H,3,6-7,14H2,1-2H3. The Labute approximate surface area is 106 Å². The Morgan fingerprint density at radius 1 is 1.33 bits per heavy atom. The van der Waals surface area contributed by atoms with E-state index < -0.39 is 11.7 Å². The van der Waals surface area contributed by atoms with Crippen molar-refractivity contribution in [2.45, 2.75) is 13.3 Å². The summed E-state index contributed by atoms with van der Waals surface area (Å²) in [5.74, 6) is -0.406. The zero-order valence-corrected chi connectivity index (χ0v) is 10.5. The van der Waals surface area contributed by atoms with Crippen molar-refractivity contribution in [1.82, 2.24) is 0 Å². The molecular formula is C13H16N2O3. The SMILES string of the molecule is COc1ccc(C)c2c1N(CCCN)C(=O)C2=O. The zero-order chi connectivity index (χ0) is 13.3. The second-order valence-electron chi connectivity index (χ2n) is 4.24. The molecule has 96 valence electrons. The monoisotopic (exact) mass is 248 g/mol. The number of ketones is 1. The molecular weight excluding hydrogens is 232 g/mol. The number of nitrogens with zero attached hydrogens (tertiary/aromatic N) is 1. The molecule has 18 heavy (non-hydrogen) atoms. The summed E-state index contributed by atoms with van der Waals surface area (Å²) in [6.07, 6.45) is 0.648. The average molecular weight is 248 g/mol. The number of fused-ring (bicyclic) bond motifs is 1. The van der Waals surface area contributed by atoms with Crippen molar-refractivity contribution in [2.75, 3.05) is 25.1 Å². The minimum absolute atomic E-state index is 0.438. The Morgan fingerprint density at radius 3 is 2.67 bits per heavy atom. The van der Waals surface area contributed by atoms with Crippen LogP contribution in [0.25, 0.3) is 0 Å². The molecule has 1 aliphatic heterocycles. The summed E-state index contributed by atoms with van der Waals surface area (Å²) >= 11 is 0. The number of Topliss-reactive ketones (excluding diaryl/α,β-unsaturated/α-hetero) is 1. The molecule has 0 atom stereocenters. The van der Waals surface area contributed by atoms with Gasteiger partial charge in [-0.3, -0.25) is 9.59 Å². The first-order valence-electron chi connectivity index (χ1n) is 5.85. The number of hydrogen-bond donors (Lipinski definition) is 1. The highest BCUT2D eigenvalue weighted by Crippen LogP contribution is 2.39. The number of aryl methyl sites for hydroxylation is 1. The van der Waals surface area contributed by atoms with Crippen molar-refractivity contribution in [3.8, 4) is 5.75 Å². The number of nitrogens with two attached hydrogens (primary N) is 1. The van der Waals surface area contributed by atoms with Crippen molar-refractivity contribution < 1.29 is 14.3 Å². The third-order valence-corrected chi connectivity index (χ3v) is 3.09. The van der Waals surface area contributed by atoms with Crippen LogP contribution in [0, 0.1) is 6.92 Å². The van der Waals surface area contributed by atoms with E-state index in [4.69, 9.17) is 10.5 Å². The van der Waals surface area contributed by atoms with Gasteiger partial charge in [-0.25, -0.2) is 0 Å². The maximum Gasteiger partial charge on any atom is 0.299 e. The van der Waals surface area contributed by atoms with Gasteiger partial charge >= 0.3 is 0 Å². The van der Waals surface area contributed by atoms with Crippen LogP contribution in [0.3, 0.4) is 0 Å². The van der Waals surface area contributed by atoms with Gasteiger partial charge in [-0.05, 0) is 31.5 Å². The van der Waals surface area contributed by atoms with E-state index >= 15 is 0 Å². The van der Waals surface area contributed by atoms with Gasteiger partial charge in [-0.1, -0.05) is 6.07 Å². The van der Waals surface area contributed by atoms with Crippen LogP contribution < -0.4 is 15.4 Å². The van der Waals surface area contributed by atoms with Crippen LogP contribution in [0.2, 0.25) is 0 Å². The van der Waals surface area contributed by atoms with Crippen LogP contribution in [0.4, 0.5) is 5.69 Å². The van der Waals surface area contributed by atoms with Gasteiger partial charge in [0.1, 0.15) is 5.75 Å². The van der Waals surface area contributed by atoms with Crippen LogP contribution in [0.15, 0.2) is 12.1 Å². The first-order chi connectivity index (χ1) is 8.61. The summed E-state index contributed by atoms with van der Waals surface area (Å²) in [4.78, 5) is 25.4. The highest BCUT2D eigenvalue weighted by atomic mass is 16.5. The van der Waals surface area contributed by atoms with E-state index in [0.717, 1.165) is 5.56 Å². The highest BCUT2D eigenvalue weighted by molar-refractivity contribution is 6.53. The normalized spacial score (nSPS) is 14.1. The van der Waals surface area contributed by atoms with Crippen LogP contribution in [-0.4, -0.2) is 31.9 Å². The molecule has 0 saturated carbocycles. The summed E-state index contributed by atoms with van der Waals surface area (Å²) in [5, 5.41) is 0. The van der Waals surface area contributed by atoms with Crippen molar-refractivity contribution in [3.63, 3.8) is 0 Å². The quantitative estimate of drug-likeness (QED) is 0.803. The fourth-order valence-corrected chi connectivity index (χ4v) is 2.19. The average Bonchev–Trinajstić information content (AvgIpc) is 2.62.